The summed E-state index contributed by atoms with van der Waals surface area (Å²) in [6.07, 6.45) is 1.33. The molecule has 0 aliphatic carbocycles. The topological polar surface area (TPSA) is 141 Å². The smallest absolute Gasteiger partial charge is 0.373 e. The van der Waals surface area contributed by atoms with Crippen molar-refractivity contribution in [2.75, 3.05) is 7.11 Å². The molecule has 0 saturated carbocycles. The second kappa shape index (κ2) is 10.5. The van der Waals surface area contributed by atoms with Crippen molar-refractivity contribution in [1.29, 1.82) is 0 Å². The maximum absolute atomic E-state index is 13.0. The molecule has 39 heavy (non-hydrogen) atoms. The number of methoxy groups -OCH3 is 1. The first-order valence-corrected chi connectivity index (χ1v) is 11.7. The number of benzene rings is 3. The Labute approximate surface area is 221 Å². The number of esters is 1. The number of imide groups is 1. The number of carbonyl (C=O) groups excluding carboxylic acids is 3. The van der Waals surface area contributed by atoms with Crippen LogP contribution in [0.25, 0.3) is 16.8 Å². The third kappa shape index (κ3) is 5.05. The Morgan fingerprint density at radius 2 is 1.82 bits per heavy atom. The lowest BCUT2D eigenvalue weighted by Gasteiger charge is -2.12. The normalized spacial score (nSPS) is 14.1. The number of para-hydroxylation sites is 1. The second-order valence-corrected chi connectivity index (χ2v) is 8.52. The van der Waals surface area contributed by atoms with Gasteiger partial charge in [-0.05, 0) is 34.5 Å². The van der Waals surface area contributed by atoms with Crippen LogP contribution < -0.4 is 10.1 Å². The summed E-state index contributed by atoms with van der Waals surface area (Å²) < 4.78 is 15.9. The summed E-state index contributed by atoms with van der Waals surface area (Å²) in [4.78, 5) is 49.3. The van der Waals surface area contributed by atoms with E-state index in [1.165, 1.54) is 37.5 Å². The van der Waals surface area contributed by atoms with Gasteiger partial charge in [0.2, 0.25) is 11.5 Å². The van der Waals surface area contributed by atoms with Gasteiger partial charge >= 0.3 is 17.7 Å². The number of urea groups is 1. The summed E-state index contributed by atoms with van der Waals surface area (Å²) in [7, 11) is 1.20. The van der Waals surface area contributed by atoms with Gasteiger partial charge in [0.05, 0.1) is 18.6 Å². The van der Waals surface area contributed by atoms with Crippen LogP contribution in [-0.2, 0) is 22.7 Å². The molecular weight excluding hydrogens is 506 g/mol. The number of carbonyl (C=O) groups is 3. The molecule has 0 spiro atoms. The number of fused-ring (bicyclic) bond motifs is 1. The summed E-state index contributed by atoms with van der Waals surface area (Å²) in [6, 6.07) is 19.8. The lowest BCUT2D eigenvalue weighted by atomic mass is 10.1. The molecule has 196 valence electrons. The molecule has 0 atom stereocenters. The van der Waals surface area contributed by atoms with Gasteiger partial charge in [0.15, 0.2) is 0 Å². The quantitative estimate of drug-likeness (QED) is 0.113. The van der Waals surface area contributed by atoms with Crippen LogP contribution in [0.4, 0.5) is 10.5 Å². The van der Waals surface area contributed by atoms with Gasteiger partial charge in [0, 0.05) is 11.6 Å². The Hall–Kier alpha value is -5.45. The highest BCUT2D eigenvalue weighted by atomic mass is 16.6. The number of hydrogen-bond donors (Lipinski definition) is 1. The van der Waals surface area contributed by atoms with Crippen molar-refractivity contribution in [3.63, 3.8) is 0 Å². The molecular formula is C28H21N3O8. The third-order valence-electron chi connectivity index (χ3n) is 6.10. The number of rotatable bonds is 8. The average Bonchev–Trinajstić information content (AvgIpc) is 3.52. The van der Waals surface area contributed by atoms with E-state index >= 15 is 0 Å². The van der Waals surface area contributed by atoms with E-state index < -0.39 is 22.8 Å². The van der Waals surface area contributed by atoms with Crippen LogP contribution in [-0.4, -0.2) is 34.8 Å². The van der Waals surface area contributed by atoms with Crippen LogP contribution in [0.3, 0.4) is 0 Å². The molecule has 1 fully saturated rings. The highest BCUT2D eigenvalue weighted by molar-refractivity contribution is 6.14. The summed E-state index contributed by atoms with van der Waals surface area (Å²) >= 11 is 0. The largest absolute Gasteiger partial charge is 0.482 e. The predicted molar refractivity (Wildman–Crippen MR) is 138 cm³/mol. The number of ether oxygens (including phenoxy) is 2. The molecule has 5 rings (SSSR count). The van der Waals surface area contributed by atoms with E-state index in [4.69, 9.17) is 9.15 Å². The minimum absolute atomic E-state index is 0.0375. The summed E-state index contributed by atoms with van der Waals surface area (Å²) in [5, 5.41) is 16.2. The minimum Gasteiger partial charge on any atom is -0.482 e. The van der Waals surface area contributed by atoms with Gasteiger partial charge in [-0.15, -0.1) is 0 Å². The van der Waals surface area contributed by atoms with Crippen LogP contribution >= 0.6 is 0 Å². The molecule has 1 aliphatic heterocycles. The lowest BCUT2D eigenvalue weighted by Crippen LogP contribution is -2.30. The van der Waals surface area contributed by atoms with Crippen molar-refractivity contribution in [2.24, 2.45) is 0 Å². The van der Waals surface area contributed by atoms with Crippen molar-refractivity contribution in [3.8, 4) is 5.75 Å². The molecule has 3 aromatic carbocycles. The second-order valence-electron chi connectivity index (χ2n) is 8.52. The van der Waals surface area contributed by atoms with E-state index in [0.29, 0.717) is 0 Å². The zero-order valence-corrected chi connectivity index (χ0v) is 20.6. The maximum Gasteiger partial charge on any atom is 0.373 e. The van der Waals surface area contributed by atoms with Gasteiger partial charge in [0.25, 0.3) is 5.91 Å². The monoisotopic (exact) mass is 527 g/mol. The zero-order valence-electron chi connectivity index (χ0n) is 20.6. The fourth-order valence-corrected chi connectivity index (χ4v) is 4.22. The Kier molecular flexibility index (Phi) is 6.79. The number of nitro groups is 1. The molecule has 11 heteroatoms. The van der Waals surface area contributed by atoms with E-state index in [9.17, 15) is 24.5 Å². The van der Waals surface area contributed by atoms with Crippen molar-refractivity contribution < 1.29 is 33.2 Å². The Morgan fingerprint density at radius 3 is 2.62 bits per heavy atom. The highest BCUT2D eigenvalue weighted by Crippen LogP contribution is 2.34. The van der Waals surface area contributed by atoms with Gasteiger partial charge in [-0.3, -0.25) is 19.8 Å². The molecule has 2 heterocycles. The van der Waals surface area contributed by atoms with Crippen molar-refractivity contribution in [2.45, 2.75) is 13.2 Å². The third-order valence-corrected chi connectivity index (χ3v) is 6.10. The van der Waals surface area contributed by atoms with E-state index in [2.05, 4.69) is 10.1 Å². The fraction of sp³-hybridized carbons (Fsp3) is 0.107. The average molecular weight is 527 g/mol. The number of amides is 3. The summed E-state index contributed by atoms with van der Waals surface area (Å²) in [5.74, 6) is -1.30. The van der Waals surface area contributed by atoms with Crippen molar-refractivity contribution >= 4 is 40.4 Å². The van der Waals surface area contributed by atoms with E-state index in [1.54, 1.807) is 6.07 Å². The summed E-state index contributed by atoms with van der Waals surface area (Å²) in [6.45, 7) is -0.200. The van der Waals surface area contributed by atoms with E-state index in [1.807, 2.05) is 42.5 Å². The van der Waals surface area contributed by atoms with Crippen LogP contribution in [0.15, 0.2) is 82.9 Å². The highest BCUT2D eigenvalue weighted by Gasteiger charge is 2.35. The predicted octanol–water partition coefficient (Wildman–Crippen LogP) is 4.80. The minimum atomic E-state index is -0.717. The fourth-order valence-electron chi connectivity index (χ4n) is 4.22. The number of furan rings is 1. The van der Waals surface area contributed by atoms with Crippen LogP contribution in [0.5, 0.6) is 5.75 Å². The Balaban J connectivity index is 1.42. The van der Waals surface area contributed by atoms with E-state index in [-0.39, 0.29) is 47.4 Å². The van der Waals surface area contributed by atoms with E-state index in [0.717, 1.165) is 21.2 Å². The van der Waals surface area contributed by atoms with Gasteiger partial charge in [-0.2, -0.15) is 0 Å². The molecule has 0 bridgehead atoms. The Bertz CT molecular complexity index is 1650. The molecule has 1 aromatic heterocycles. The molecule has 11 nitrogen and oxygen atoms in total. The molecule has 0 unspecified atom stereocenters. The number of nitro benzene ring substituents is 1. The zero-order chi connectivity index (χ0) is 27.5. The summed E-state index contributed by atoms with van der Waals surface area (Å²) in [5.41, 5.74) is 0.673. The standard InChI is InChI=1S/C28H21N3O8/c1-37-27(33)24-13-12-20(39-24)15-30-26(32)22(29-28(30)34)14-18-8-5-11-23(31(35)36)25(18)38-16-19-9-4-7-17-6-2-3-10-21(17)19/h2-14H,15-16H2,1H3,(H,29,34)/b22-14-. The number of nitrogens with zero attached hydrogens (tertiary/aromatic N) is 2. The van der Waals surface area contributed by atoms with Crippen molar-refractivity contribution in [3.05, 3.63) is 111 Å². The van der Waals surface area contributed by atoms with Crippen LogP contribution in [0, 0.1) is 10.1 Å². The van der Waals surface area contributed by atoms with Gasteiger partial charge in [0.1, 0.15) is 18.1 Å². The first kappa shape index (κ1) is 25.2. The first-order valence-electron chi connectivity index (χ1n) is 11.7. The van der Waals surface area contributed by atoms with Gasteiger partial charge in [-0.25, -0.2) is 9.59 Å². The lowest BCUT2D eigenvalue weighted by molar-refractivity contribution is -0.386. The van der Waals surface area contributed by atoms with Gasteiger partial charge in [-0.1, -0.05) is 54.6 Å². The molecule has 1 aliphatic rings. The molecule has 0 radical (unpaired) electrons. The SMILES string of the molecule is COC(=O)c1ccc(CN2C(=O)N/C(=C\c3cccc([N+](=O)[O-])c3OCc3cccc4ccccc34)C2=O)o1. The Morgan fingerprint density at radius 1 is 1.05 bits per heavy atom. The first-order chi connectivity index (χ1) is 18.9. The van der Waals surface area contributed by atoms with Crippen LogP contribution in [0.2, 0.25) is 0 Å². The molecule has 1 N–H and O–H groups in total. The molecule has 4 aromatic rings. The molecule has 3 amide bonds. The maximum atomic E-state index is 13.0. The number of hydrogen-bond acceptors (Lipinski definition) is 8. The van der Waals surface area contributed by atoms with Crippen LogP contribution in [0.1, 0.15) is 27.4 Å². The molecule has 1 saturated heterocycles. The van der Waals surface area contributed by atoms with Gasteiger partial charge < -0.3 is 19.2 Å². The number of nitrogens with one attached hydrogen (secondary N) is 1. The van der Waals surface area contributed by atoms with Crippen molar-refractivity contribution in [1.82, 2.24) is 10.2 Å².